The molecule has 0 bridgehead atoms. The molecule has 0 spiro atoms. The Labute approximate surface area is 276 Å². The molecule has 3 aromatic rings. The van der Waals surface area contributed by atoms with Gasteiger partial charge in [-0.1, -0.05) is 65.7 Å². The highest BCUT2D eigenvalue weighted by Crippen LogP contribution is 2.65. The molecule has 7 rings (SSSR count). The van der Waals surface area contributed by atoms with Crippen LogP contribution in [0.25, 0.3) is 0 Å². The molecule has 11 heteroatoms. The smallest absolute Gasteiger partial charge is 0.305 e. The first-order valence-corrected chi connectivity index (χ1v) is 16.0. The number of nitrogens with zero attached hydrogens (tertiary/aromatic N) is 2. The molecule has 11 nitrogen and oxygen atoms in total. The molecule has 4 amide bonds. The van der Waals surface area contributed by atoms with Crippen molar-refractivity contribution in [3.05, 3.63) is 101 Å². The molecule has 2 aliphatic heterocycles. The monoisotopic (exact) mass is 649 g/mol. The number of carbonyl (C=O) groups excluding carboxylic acids is 4. The average Bonchev–Trinajstić information content (AvgIpc) is 3.45. The number of phenols is 1. The van der Waals surface area contributed by atoms with Gasteiger partial charge in [0.2, 0.25) is 11.8 Å². The predicted octanol–water partition coefficient (Wildman–Crippen LogP) is 4.17. The summed E-state index contributed by atoms with van der Waals surface area (Å²) in [6.45, 7) is 1.69. The number of ether oxygens (including phenoxy) is 1. The second-order valence-electron chi connectivity index (χ2n) is 13.0. The van der Waals surface area contributed by atoms with E-state index in [1.54, 1.807) is 36.4 Å². The summed E-state index contributed by atoms with van der Waals surface area (Å²) in [7, 11) is 1.48. The van der Waals surface area contributed by atoms with Crippen LogP contribution in [0.4, 0.5) is 5.69 Å². The number of aryl methyl sites for hydroxylation is 1. The zero-order valence-corrected chi connectivity index (χ0v) is 26.5. The number of hydrazine groups is 1. The zero-order chi connectivity index (χ0) is 33.9. The summed E-state index contributed by atoms with van der Waals surface area (Å²) in [6.07, 6.45) is 1.80. The van der Waals surface area contributed by atoms with Gasteiger partial charge in [0.05, 0.1) is 42.4 Å². The lowest BCUT2D eigenvalue weighted by Crippen LogP contribution is -2.53. The minimum atomic E-state index is -1.52. The summed E-state index contributed by atoms with van der Waals surface area (Å²) in [5.41, 5.74) is 4.73. The van der Waals surface area contributed by atoms with Gasteiger partial charge in [-0.3, -0.25) is 34.3 Å². The topological polar surface area (TPSA) is 154 Å². The van der Waals surface area contributed by atoms with E-state index < -0.39 is 64.6 Å². The number of hydrogen-bond donors (Lipinski definition) is 3. The van der Waals surface area contributed by atoms with Gasteiger partial charge in [0.1, 0.15) is 11.5 Å². The molecule has 246 valence electrons. The number of fused-ring (bicyclic) bond motifs is 4. The number of imide groups is 2. The van der Waals surface area contributed by atoms with E-state index in [4.69, 9.17) is 4.74 Å². The van der Waals surface area contributed by atoms with Gasteiger partial charge in [-0.05, 0) is 49.4 Å². The van der Waals surface area contributed by atoms with Gasteiger partial charge in [0, 0.05) is 24.1 Å². The van der Waals surface area contributed by atoms with Gasteiger partial charge < -0.3 is 14.9 Å². The third kappa shape index (κ3) is 4.59. The molecule has 3 aromatic carbocycles. The van der Waals surface area contributed by atoms with Crippen LogP contribution in [0.5, 0.6) is 11.5 Å². The van der Waals surface area contributed by atoms with Crippen LogP contribution in [0.1, 0.15) is 41.9 Å². The van der Waals surface area contributed by atoms with Crippen LogP contribution in [0, 0.1) is 30.6 Å². The Bertz CT molecular complexity index is 1870. The van der Waals surface area contributed by atoms with E-state index in [0.717, 1.165) is 15.5 Å². The number of benzene rings is 3. The van der Waals surface area contributed by atoms with Crippen molar-refractivity contribution in [2.45, 2.75) is 37.5 Å². The molecule has 4 aliphatic rings. The summed E-state index contributed by atoms with van der Waals surface area (Å²) in [5, 5.41) is 21.9. The third-order valence-corrected chi connectivity index (χ3v) is 10.6. The number of rotatable bonds is 8. The lowest BCUT2D eigenvalue weighted by molar-refractivity contribution is -0.143. The number of carboxylic acid groups (broad SMARTS) is 1. The van der Waals surface area contributed by atoms with Gasteiger partial charge in [0.25, 0.3) is 11.8 Å². The zero-order valence-electron chi connectivity index (χ0n) is 26.5. The molecular formula is C37H35N3O8. The van der Waals surface area contributed by atoms with Crippen molar-refractivity contribution in [2.24, 2.45) is 23.7 Å². The van der Waals surface area contributed by atoms with E-state index in [0.29, 0.717) is 28.1 Å². The lowest BCUT2D eigenvalue weighted by atomic mass is 9.49. The van der Waals surface area contributed by atoms with Crippen molar-refractivity contribution in [3.8, 4) is 11.5 Å². The number of carbonyl (C=O) groups is 5. The second-order valence-corrected chi connectivity index (χ2v) is 13.0. The van der Waals surface area contributed by atoms with Crippen LogP contribution in [-0.4, -0.2) is 63.4 Å². The van der Waals surface area contributed by atoms with Gasteiger partial charge in [-0.15, -0.1) is 0 Å². The Balaban J connectivity index is 1.43. The van der Waals surface area contributed by atoms with Crippen molar-refractivity contribution in [1.29, 1.82) is 0 Å². The van der Waals surface area contributed by atoms with Crippen LogP contribution in [-0.2, 0) is 29.4 Å². The number of hydrogen-bond acceptors (Lipinski definition) is 8. The number of methoxy groups -OCH3 is 1. The maximum Gasteiger partial charge on any atom is 0.305 e. The minimum absolute atomic E-state index is 0.0950. The van der Waals surface area contributed by atoms with Crippen LogP contribution in [0.2, 0.25) is 0 Å². The lowest BCUT2D eigenvalue weighted by Gasteiger charge is -2.50. The molecular weight excluding hydrogens is 614 g/mol. The Morgan fingerprint density at radius 2 is 1.69 bits per heavy atom. The van der Waals surface area contributed by atoms with E-state index >= 15 is 4.79 Å². The molecule has 6 atom stereocenters. The molecule has 2 saturated heterocycles. The summed E-state index contributed by atoms with van der Waals surface area (Å²) >= 11 is 0. The summed E-state index contributed by atoms with van der Waals surface area (Å²) in [4.78, 5) is 69.6. The van der Waals surface area contributed by atoms with E-state index in [-0.39, 0.29) is 31.6 Å². The number of aliphatic carboxylic acids is 1. The molecule has 48 heavy (non-hydrogen) atoms. The van der Waals surface area contributed by atoms with E-state index in [1.165, 1.54) is 13.2 Å². The highest BCUT2D eigenvalue weighted by molar-refractivity contribution is 6.13. The number of likely N-dealkylation sites (tertiary alicyclic amines) is 1. The Morgan fingerprint density at radius 1 is 0.958 bits per heavy atom. The second kappa shape index (κ2) is 11.7. The summed E-state index contributed by atoms with van der Waals surface area (Å²) < 4.78 is 5.36. The third-order valence-electron chi connectivity index (χ3n) is 10.6. The number of allylic oxidation sites excluding steroid dienone is 2. The SMILES string of the molecule is COc1ccc(C2C3=CCC4C(=O)N(CCC(=O)O)C(=O)C4C3CC3C(=O)N(Nc4ccc(C)cc4)C(=O)C32c2ccccc2)c(O)c1. The summed E-state index contributed by atoms with van der Waals surface area (Å²) in [6, 6.07) is 21.2. The van der Waals surface area contributed by atoms with Gasteiger partial charge in [-0.25, -0.2) is 0 Å². The first-order valence-electron chi connectivity index (χ1n) is 16.0. The van der Waals surface area contributed by atoms with E-state index in [9.17, 15) is 29.4 Å². The Hall–Kier alpha value is -5.45. The maximum absolute atomic E-state index is 15.1. The largest absolute Gasteiger partial charge is 0.508 e. The van der Waals surface area contributed by atoms with Crippen LogP contribution < -0.4 is 10.2 Å². The van der Waals surface area contributed by atoms with Crippen molar-refractivity contribution in [2.75, 3.05) is 19.1 Å². The number of phenolic OH excluding ortho intramolecular Hbond substituents is 1. The van der Waals surface area contributed by atoms with Crippen LogP contribution in [0.3, 0.4) is 0 Å². The first kappa shape index (κ1) is 31.2. The first-order chi connectivity index (χ1) is 23.1. The molecule has 3 N–H and O–H groups in total. The van der Waals surface area contributed by atoms with Crippen molar-refractivity contribution < 1.29 is 38.9 Å². The molecule has 2 heterocycles. The molecule has 1 saturated carbocycles. The molecule has 3 fully saturated rings. The molecule has 2 aliphatic carbocycles. The predicted molar refractivity (Wildman–Crippen MR) is 172 cm³/mol. The molecule has 0 radical (unpaired) electrons. The fourth-order valence-electron chi connectivity index (χ4n) is 8.48. The Kier molecular flexibility index (Phi) is 7.57. The van der Waals surface area contributed by atoms with Crippen molar-refractivity contribution >= 4 is 35.3 Å². The molecule has 0 aromatic heterocycles. The molecule has 6 unspecified atom stereocenters. The number of carboxylic acids is 1. The van der Waals surface area contributed by atoms with Gasteiger partial charge in [0.15, 0.2) is 0 Å². The summed E-state index contributed by atoms with van der Waals surface area (Å²) in [5.74, 6) is -6.81. The Morgan fingerprint density at radius 3 is 2.35 bits per heavy atom. The normalized spacial score (nSPS) is 27.7. The van der Waals surface area contributed by atoms with Crippen molar-refractivity contribution in [1.82, 2.24) is 9.91 Å². The van der Waals surface area contributed by atoms with Gasteiger partial charge >= 0.3 is 5.97 Å². The number of nitrogens with one attached hydrogen (secondary N) is 1. The van der Waals surface area contributed by atoms with E-state index in [2.05, 4.69) is 5.43 Å². The fraction of sp³-hybridized carbons (Fsp3) is 0.324. The highest BCUT2D eigenvalue weighted by atomic mass is 16.5. The highest BCUT2D eigenvalue weighted by Gasteiger charge is 2.70. The van der Waals surface area contributed by atoms with Gasteiger partial charge in [-0.2, -0.15) is 5.01 Å². The maximum atomic E-state index is 15.1. The number of aromatic hydroxyl groups is 1. The standard InChI is InChI=1S/C37H35N3O8/c1-20-8-10-22(11-9-20)38-40-34(45)28-19-27-24(14-15-26-31(27)35(46)39(33(26)44)17-16-30(42)43)32(25-13-12-23(48-2)18-29(25)41)37(28,36(40)47)21-6-4-3-5-7-21/h3-14,18,26-28,31-32,38,41H,15-17,19H2,1-2H3,(H,42,43). The average molecular weight is 650 g/mol. The minimum Gasteiger partial charge on any atom is -0.508 e. The van der Waals surface area contributed by atoms with E-state index in [1.807, 2.05) is 43.3 Å². The van der Waals surface area contributed by atoms with Crippen LogP contribution in [0.15, 0.2) is 84.4 Å². The quantitative estimate of drug-likeness (QED) is 0.241. The number of anilines is 1. The fourth-order valence-corrected chi connectivity index (χ4v) is 8.48. The van der Waals surface area contributed by atoms with Crippen LogP contribution >= 0.6 is 0 Å². The van der Waals surface area contributed by atoms with Crippen molar-refractivity contribution in [3.63, 3.8) is 0 Å². The number of amides is 4.